The molecule has 1 aromatic carbocycles. The third kappa shape index (κ3) is 5.20. The molecule has 0 radical (unpaired) electrons. The first-order chi connectivity index (χ1) is 13.2. The number of fused-ring (bicyclic) bond motifs is 1. The van der Waals surface area contributed by atoms with Gasteiger partial charge >= 0.3 is 0 Å². The van der Waals surface area contributed by atoms with E-state index >= 15 is 0 Å². The molecular formula is C20H26N6O. The Morgan fingerprint density at radius 2 is 1.85 bits per heavy atom. The monoisotopic (exact) mass is 366 g/mol. The molecule has 7 nitrogen and oxygen atoms in total. The molecule has 3 rings (SSSR count). The molecule has 0 fully saturated rings. The fourth-order valence-electron chi connectivity index (χ4n) is 2.55. The molecule has 3 aromatic rings. The van der Waals surface area contributed by atoms with E-state index in [1.54, 1.807) is 7.05 Å². The Bertz CT molecular complexity index is 885. The summed E-state index contributed by atoms with van der Waals surface area (Å²) < 4.78 is 7.67. The smallest absolute Gasteiger partial charge is 0.191 e. The van der Waals surface area contributed by atoms with Gasteiger partial charge in [0.1, 0.15) is 5.75 Å². The second-order valence-electron chi connectivity index (χ2n) is 6.67. The lowest BCUT2D eigenvalue weighted by Crippen LogP contribution is -2.36. The topological polar surface area (TPSA) is 75.8 Å². The van der Waals surface area contributed by atoms with Gasteiger partial charge in [-0.15, -0.1) is 10.2 Å². The Morgan fingerprint density at radius 3 is 2.59 bits per heavy atom. The van der Waals surface area contributed by atoms with Crippen LogP contribution in [0.15, 0.2) is 53.7 Å². The van der Waals surface area contributed by atoms with Gasteiger partial charge < -0.3 is 15.4 Å². The van der Waals surface area contributed by atoms with Crippen LogP contribution in [-0.2, 0) is 13.1 Å². The van der Waals surface area contributed by atoms with E-state index in [0.29, 0.717) is 25.0 Å². The standard InChI is InChI=1S/C20H26N6O/c1-15(2)14-27-17-9-7-16(8-10-17)12-22-20(21-3)23-13-19-25-24-18-6-4-5-11-26(18)19/h4-11,15H,12-14H2,1-3H3,(H2,21,22,23). The van der Waals surface area contributed by atoms with Crippen molar-refractivity contribution in [1.29, 1.82) is 0 Å². The molecule has 2 heterocycles. The number of aliphatic imine (C=N–C) groups is 1. The first-order valence-electron chi connectivity index (χ1n) is 9.10. The van der Waals surface area contributed by atoms with Gasteiger partial charge in [-0.05, 0) is 35.7 Å². The van der Waals surface area contributed by atoms with E-state index in [9.17, 15) is 0 Å². The summed E-state index contributed by atoms with van der Waals surface area (Å²) in [7, 11) is 1.75. The zero-order valence-corrected chi connectivity index (χ0v) is 16.0. The van der Waals surface area contributed by atoms with Crippen molar-refractivity contribution in [2.45, 2.75) is 26.9 Å². The second kappa shape index (κ2) is 9.02. The molecule has 27 heavy (non-hydrogen) atoms. The average Bonchev–Trinajstić information content (AvgIpc) is 3.10. The van der Waals surface area contributed by atoms with E-state index in [1.165, 1.54) is 0 Å². The van der Waals surface area contributed by atoms with Crippen molar-refractivity contribution in [3.05, 3.63) is 60.0 Å². The minimum absolute atomic E-state index is 0.517. The van der Waals surface area contributed by atoms with Crippen molar-refractivity contribution < 1.29 is 4.74 Å². The zero-order valence-electron chi connectivity index (χ0n) is 16.0. The van der Waals surface area contributed by atoms with E-state index in [4.69, 9.17) is 4.74 Å². The predicted molar refractivity (Wildman–Crippen MR) is 107 cm³/mol. The SMILES string of the molecule is CN=C(NCc1ccc(OCC(C)C)cc1)NCc1nnc2ccccn12. The first kappa shape index (κ1) is 18.7. The molecule has 0 saturated carbocycles. The summed E-state index contributed by atoms with van der Waals surface area (Å²) in [6, 6.07) is 13.9. The summed E-state index contributed by atoms with van der Waals surface area (Å²) in [6.45, 7) is 6.21. The third-order valence-electron chi connectivity index (χ3n) is 3.99. The summed E-state index contributed by atoms with van der Waals surface area (Å²) in [6.07, 6.45) is 1.95. The molecule has 0 amide bonds. The molecule has 142 valence electrons. The Kier molecular flexibility index (Phi) is 6.25. The summed E-state index contributed by atoms with van der Waals surface area (Å²) in [5, 5.41) is 14.9. The molecule has 0 bridgehead atoms. The molecule has 0 unspecified atom stereocenters. The van der Waals surface area contributed by atoms with Crippen LogP contribution in [-0.4, -0.2) is 34.2 Å². The summed E-state index contributed by atoms with van der Waals surface area (Å²) in [5.74, 6) is 2.96. The van der Waals surface area contributed by atoms with Gasteiger partial charge in [0.15, 0.2) is 17.4 Å². The van der Waals surface area contributed by atoms with E-state index in [2.05, 4.69) is 51.8 Å². The fraction of sp³-hybridized carbons (Fsp3) is 0.350. The number of aromatic nitrogens is 3. The lowest BCUT2D eigenvalue weighted by molar-refractivity contribution is 0.271. The molecule has 7 heteroatoms. The Balaban J connectivity index is 1.50. The number of rotatable bonds is 7. The highest BCUT2D eigenvalue weighted by atomic mass is 16.5. The van der Waals surface area contributed by atoms with Crippen molar-refractivity contribution in [2.75, 3.05) is 13.7 Å². The summed E-state index contributed by atoms with van der Waals surface area (Å²) in [5.41, 5.74) is 1.99. The van der Waals surface area contributed by atoms with Crippen LogP contribution < -0.4 is 15.4 Å². The minimum Gasteiger partial charge on any atom is -0.493 e. The van der Waals surface area contributed by atoms with Gasteiger partial charge in [0.25, 0.3) is 0 Å². The minimum atomic E-state index is 0.517. The van der Waals surface area contributed by atoms with Gasteiger partial charge in [-0.3, -0.25) is 9.39 Å². The van der Waals surface area contributed by atoms with Crippen LogP contribution >= 0.6 is 0 Å². The number of benzene rings is 1. The number of nitrogens with one attached hydrogen (secondary N) is 2. The Morgan fingerprint density at radius 1 is 1.07 bits per heavy atom. The van der Waals surface area contributed by atoms with Crippen molar-refractivity contribution in [2.24, 2.45) is 10.9 Å². The molecule has 0 aliphatic carbocycles. The van der Waals surface area contributed by atoms with Crippen LogP contribution in [0.2, 0.25) is 0 Å². The number of pyridine rings is 1. The number of nitrogens with zero attached hydrogens (tertiary/aromatic N) is 4. The van der Waals surface area contributed by atoms with E-state index in [-0.39, 0.29) is 0 Å². The van der Waals surface area contributed by atoms with Gasteiger partial charge in [0, 0.05) is 19.8 Å². The summed E-state index contributed by atoms with van der Waals surface area (Å²) >= 11 is 0. The van der Waals surface area contributed by atoms with Crippen molar-refractivity contribution in [3.8, 4) is 5.75 Å². The van der Waals surface area contributed by atoms with Gasteiger partial charge in [0.05, 0.1) is 13.2 Å². The molecule has 2 aromatic heterocycles. The maximum Gasteiger partial charge on any atom is 0.191 e. The molecular weight excluding hydrogens is 340 g/mol. The van der Waals surface area contributed by atoms with Crippen molar-refractivity contribution in [1.82, 2.24) is 25.2 Å². The van der Waals surface area contributed by atoms with Gasteiger partial charge in [-0.25, -0.2) is 0 Å². The Labute approximate surface area is 159 Å². The van der Waals surface area contributed by atoms with Gasteiger partial charge in [-0.1, -0.05) is 32.0 Å². The molecule has 0 aliphatic heterocycles. The zero-order chi connectivity index (χ0) is 19.1. The number of hydrogen-bond acceptors (Lipinski definition) is 4. The molecule has 2 N–H and O–H groups in total. The van der Waals surface area contributed by atoms with E-state index in [0.717, 1.165) is 29.4 Å². The molecule has 0 saturated heterocycles. The molecule has 0 atom stereocenters. The van der Waals surface area contributed by atoms with Crippen LogP contribution in [0.1, 0.15) is 25.2 Å². The van der Waals surface area contributed by atoms with Gasteiger partial charge in [-0.2, -0.15) is 0 Å². The van der Waals surface area contributed by atoms with Crippen LogP contribution in [0.5, 0.6) is 5.75 Å². The summed E-state index contributed by atoms with van der Waals surface area (Å²) in [4.78, 5) is 4.26. The third-order valence-corrected chi connectivity index (χ3v) is 3.99. The predicted octanol–water partition coefficient (Wildman–Crippen LogP) is 2.63. The highest BCUT2D eigenvalue weighted by molar-refractivity contribution is 5.79. The van der Waals surface area contributed by atoms with Gasteiger partial charge in [0.2, 0.25) is 0 Å². The molecule has 0 spiro atoms. The first-order valence-corrected chi connectivity index (χ1v) is 9.10. The average molecular weight is 366 g/mol. The lowest BCUT2D eigenvalue weighted by atomic mass is 10.2. The van der Waals surface area contributed by atoms with Crippen LogP contribution in [0.4, 0.5) is 0 Å². The number of guanidine groups is 1. The largest absolute Gasteiger partial charge is 0.493 e. The molecule has 0 aliphatic rings. The fourth-order valence-corrected chi connectivity index (χ4v) is 2.55. The normalized spacial score (nSPS) is 11.8. The maximum atomic E-state index is 5.71. The second-order valence-corrected chi connectivity index (χ2v) is 6.67. The van der Waals surface area contributed by atoms with E-state index < -0.39 is 0 Å². The quantitative estimate of drug-likeness (QED) is 0.497. The lowest BCUT2D eigenvalue weighted by Gasteiger charge is -2.12. The van der Waals surface area contributed by atoms with Crippen LogP contribution in [0.25, 0.3) is 5.65 Å². The number of ether oxygens (including phenoxy) is 1. The van der Waals surface area contributed by atoms with Crippen LogP contribution in [0, 0.1) is 5.92 Å². The van der Waals surface area contributed by atoms with E-state index in [1.807, 2.05) is 40.9 Å². The van der Waals surface area contributed by atoms with Crippen molar-refractivity contribution >= 4 is 11.6 Å². The Hall–Kier alpha value is -3.09. The highest BCUT2D eigenvalue weighted by Crippen LogP contribution is 2.13. The van der Waals surface area contributed by atoms with Crippen LogP contribution in [0.3, 0.4) is 0 Å². The maximum absolute atomic E-state index is 5.71. The highest BCUT2D eigenvalue weighted by Gasteiger charge is 2.06. The van der Waals surface area contributed by atoms with Crippen molar-refractivity contribution in [3.63, 3.8) is 0 Å². The number of hydrogen-bond donors (Lipinski definition) is 2.